The van der Waals surface area contributed by atoms with E-state index in [0.29, 0.717) is 16.5 Å². The Kier molecular flexibility index (Phi) is 8.27. The van der Waals surface area contributed by atoms with Gasteiger partial charge in [-0.2, -0.15) is 0 Å². The lowest BCUT2D eigenvalue weighted by molar-refractivity contribution is -0.128. The molecule has 0 aliphatic heterocycles. The highest BCUT2D eigenvalue weighted by atomic mass is 35.5. The minimum Gasteiger partial charge on any atom is -0.347 e. The molecule has 2 rings (SSSR count). The number of halogens is 2. The molecule has 2 atom stereocenters. The lowest BCUT2D eigenvalue weighted by atomic mass is 9.85. The van der Waals surface area contributed by atoms with Gasteiger partial charge in [0.05, 0.1) is 6.04 Å². The molecule has 166 valence electrons. The molecule has 5 nitrogen and oxygen atoms in total. The van der Waals surface area contributed by atoms with Gasteiger partial charge >= 0.3 is 0 Å². The van der Waals surface area contributed by atoms with Crippen LogP contribution in [0.1, 0.15) is 57.1 Å². The molecule has 0 radical (unpaired) electrons. The highest BCUT2D eigenvalue weighted by Crippen LogP contribution is 2.26. The average Bonchev–Trinajstić information content (AvgIpc) is 2.71. The quantitative estimate of drug-likeness (QED) is 0.568. The Balaban J connectivity index is 2.21. The maximum Gasteiger partial charge on any atom is 0.270 e. The van der Waals surface area contributed by atoms with Gasteiger partial charge in [-0.1, -0.05) is 75.2 Å². The number of nitrogens with zero attached hydrogens (tertiary/aromatic N) is 1. The number of benzene rings is 1. The Morgan fingerprint density at radius 3 is 2.39 bits per heavy atom. The molecule has 1 aromatic carbocycles. The number of carbonyl (C=O) groups is 2. The van der Waals surface area contributed by atoms with E-state index in [2.05, 4.69) is 15.6 Å². The van der Waals surface area contributed by atoms with Crippen LogP contribution in [0.5, 0.6) is 0 Å². The van der Waals surface area contributed by atoms with Crippen molar-refractivity contribution in [2.24, 2.45) is 5.41 Å². The van der Waals surface area contributed by atoms with Gasteiger partial charge in [0, 0.05) is 16.2 Å². The van der Waals surface area contributed by atoms with Crippen LogP contribution in [0.3, 0.4) is 0 Å². The minimum absolute atomic E-state index is 0.264. The molecular formula is C24H29Cl2N3O2. The van der Waals surface area contributed by atoms with Crippen LogP contribution in [-0.4, -0.2) is 28.4 Å². The number of hydrogen-bond donors (Lipinski definition) is 2. The van der Waals surface area contributed by atoms with E-state index in [1.54, 1.807) is 43.5 Å². The van der Waals surface area contributed by atoms with Gasteiger partial charge in [-0.15, -0.1) is 0 Å². The van der Waals surface area contributed by atoms with Crippen molar-refractivity contribution in [1.82, 2.24) is 15.6 Å². The third-order valence-corrected chi connectivity index (χ3v) is 5.71. The van der Waals surface area contributed by atoms with Crippen molar-refractivity contribution >= 4 is 41.1 Å². The molecule has 2 N–H and O–H groups in total. The maximum absolute atomic E-state index is 13.2. The van der Waals surface area contributed by atoms with E-state index in [-0.39, 0.29) is 23.1 Å². The predicted octanol–water partition coefficient (Wildman–Crippen LogP) is 5.53. The SMILES string of the molecule is CC[C@](C)(NC(=O)c1ccccn1)C(=O)N[C@@H](/C=C/c1ccc(Cl)cc1Cl)C(C)(C)C. The highest BCUT2D eigenvalue weighted by Gasteiger charge is 2.36. The lowest BCUT2D eigenvalue weighted by Gasteiger charge is -2.34. The second-order valence-electron chi connectivity index (χ2n) is 8.70. The van der Waals surface area contributed by atoms with Crippen molar-refractivity contribution < 1.29 is 9.59 Å². The molecule has 2 aromatic rings. The van der Waals surface area contributed by atoms with Gasteiger partial charge in [0.1, 0.15) is 11.2 Å². The van der Waals surface area contributed by atoms with E-state index in [4.69, 9.17) is 23.2 Å². The van der Waals surface area contributed by atoms with E-state index in [0.717, 1.165) is 5.56 Å². The molecule has 0 saturated heterocycles. The largest absolute Gasteiger partial charge is 0.347 e. The summed E-state index contributed by atoms with van der Waals surface area (Å²) in [6, 6.07) is 10.0. The molecule has 0 fully saturated rings. The van der Waals surface area contributed by atoms with Crippen LogP contribution in [-0.2, 0) is 4.79 Å². The summed E-state index contributed by atoms with van der Waals surface area (Å²) in [6.07, 6.45) is 5.73. The van der Waals surface area contributed by atoms with Crippen LogP contribution in [0, 0.1) is 5.41 Å². The van der Waals surface area contributed by atoms with Crippen molar-refractivity contribution in [3.63, 3.8) is 0 Å². The summed E-state index contributed by atoms with van der Waals surface area (Å²) in [4.78, 5) is 29.9. The van der Waals surface area contributed by atoms with Gasteiger partial charge in [0.2, 0.25) is 5.91 Å². The Morgan fingerprint density at radius 1 is 1.13 bits per heavy atom. The normalized spacial score (nSPS) is 14.7. The standard InChI is InChI=1S/C24H29Cl2N3O2/c1-6-24(5,29-21(30)19-9-7-8-14-27-19)22(31)28-20(23(2,3)4)13-11-16-10-12-17(25)15-18(16)26/h7-15,20H,6H2,1-5H3,(H,28,31)(H,29,30)/b13-11+/t20-,24-/m0/s1. The van der Waals surface area contributed by atoms with Gasteiger partial charge < -0.3 is 10.6 Å². The molecule has 2 amide bonds. The number of carbonyl (C=O) groups excluding carboxylic acids is 2. The van der Waals surface area contributed by atoms with Crippen molar-refractivity contribution in [2.45, 2.75) is 52.6 Å². The zero-order chi connectivity index (χ0) is 23.2. The van der Waals surface area contributed by atoms with Gasteiger partial charge in [0.25, 0.3) is 5.91 Å². The van der Waals surface area contributed by atoms with Crippen LogP contribution in [0.4, 0.5) is 0 Å². The summed E-state index contributed by atoms with van der Waals surface area (Å²) in [5.41, 5.74) is -0.301. The molecule has 1 aromatic heterocycles. The molecule has 31 heavy (non-hydrogen) atoms. The van der Waals surface area contributed by atoms with E-state index in [1.165, 1.54) is 0 Å². The van der Waals surface area contributed by atoms with E-state index in [9.17, 15) is 9.59 Å². The molecule has 0 aliphatic carbocycles. The first-order chi connectivity index (χ1) is 14.5. The van der Waals surface area contributed by atoms with Gasteiger partial charge in [-0.05, 0) is 48.6 Å². The Morgan fingerprint density at radius 2 is 1.84 bits per heavy atom. The van der Waals surface area contributed by atoms with Crippen LogP contribution in [0.15, 0.2) is 48.7 Å². The molecule has 7 heteroatoms. The average molecular weight is 462 g/mol. The summed E-state index contributed by atoms with van der Waals surface area (Å²) in [5, 5.41) is 7.00. The zero-order valence-electron chi connectivity index (χ0n) is 18.5. The fraction of sp³-hybridized carbons (Fsp3) is 0.375. The molecular weight excluding hydrogens is 433 g/mol. The van der Waals surface area contributed by atoms with Crippen LogP contribution < -0.4 is 10.6 Å². The second-order valence-corrected chi connectivity index (χ2v) is 9.54. The Labute approximate surface area is 194 Å². The Bertz CT molecular complexity index is 955. The lowest BCUT2D eigenvalue weighted by Crippen LogP contribution is -2.59. The molecule has 0 bridgehead atoms. The summed E-state index contributed by atoms with van der Waals surface area (Å²) in [5.74, 6) is -0.665. The fourth-order valence-electron chi connectivity index (χ4n) is 2.81. The second kappa shape index (κ2) is 10.3. The van der Waals surface area contributed by atoms with E-state index >= 15 is 0 Å². The fourth-order valence-corrected chi connectivity index (χ4v) is 3.28. The number of amides is 2. The van der Waals surface area contributed by atoms with Crippen LogP contribution >= 0.6 is 23.2 Å². The van der Waals surface area contributed by atoms with Crippen molar-refractivity contribution in [1.29, 1.82) is 0 Å². The third-order valence-electron chi connectivity index (χ3n) is 5.15. The molecule has 0 spiro atoms. The highest BCUT2D eigenvalue weighted by molar-refractivity contribution is 6.35. The summed E-state index contributed by atoms with van der Waals surface area (Å²) >= 11 is 12.2. The number of aromatic nitrogens is 1. The van der Waals surface area contributed by atoms with Gasteiger partial charge in [0.15, 0.2) is 0 Å². The zero-order valence-corrected chi connectivity index (χ0v) is 20.0. The third kappa shape index (κ3) is 6.81. The van der Waals surface area contributed by atoms with Crippen molar-refractivity contribution in [2.75, 3.05) is 0 Å². The van der Waals surface area contributed by atoms with Crippen molar-refractivity contribution in [3.8, 4) is 0 Å². The molecule has 0 unspecified atom stereocenters. The number of hydrogen-bond acceptors (Lipinski definition) is 3. The summed E-state index contributed by atoms with van der Waals surface area (Å²) in [7, 11) is 0. The first-order valence-corrected chi connectivity index (χ1v) is 10.9. The number of nitrogens with one attached hydrogen (secondary N) is 2. The van der Waals surface area contributed by atoms with Crippen LogP contribution in [0.25, 0.3) is 6.08 Å². The van der Waals surface area contributed by atoms with Gasteiger partial charge in [-0.3, -0.25) is 14.6 Å². The number of pyridine rings is 1. The monoisotopic (exact) mass is 461 g/mol. The predicted molar refractivity (Wildman–Crippen MR) is 127 cm³/mol. The van der Waals surface area contributed by atoms with E-state index < -0.39 is 11.4 Å². The molecule has 0 aliphatic rings. The smallest absolute Gasteiger partial charge is 0.270 e. The van der Waals surface area contributed by atoms with Crippen LogP contribution in [0.2, 0.25) is 10.0 Å². The topological polar surface area (TPSA) is 71.1 Å². The van der Waals surface area contributed by atoms with Crippen molar-refractivity contribution in [3.05, 3.63) is 70.0 Å². The van der Waals surface area contributed by atoms with E-state index in [1.807, 2.05) is 45.9 Å². The first kappa shape index (κ1) is 24.9. The molecule has 1 heterocycles. The first-order valence-electron chi connectivity index (χ1n) is 10.1. The molecule has 0 saturated carbocycles. The maximum atomic E-state index is 13.2. The Hall–Kier alpha value is -2.37. The summed E-state index contributed by atoms with van der Waals surface area (Å²) < 4.78 is 0. The minimum atomic E-state index is -1.09. The number of rotatable bonds is 7. The van der Waals surface area contributed by atoms with Gasteiger partial charge in [-0.25, -0.2) is 0 Å². The summed E-state index contributed by atoms with van der Waals surface area (Å²) in [6.45, 7) is 9.65.